The van der Waals surface area contributed by atoms with E-state index in [2.05, 4.69) is 26.3 Å². The number of carbonyl (C=O) groups excluding carboxylic acids is 1. The average Bonchev–Trinajstić information content (AvgIpc) is 3.23. The fraction of sp³-hybridized carbons (Fsp3) is 0.632. The summed E-state index contributed by atoms with van der Waals surface area (Å²) in [6.45, 7) is 4.36. The summed E-state index contributed by atoms with van der Waals surface area (Å²) in [5, 5.41) is 3.42. The van der Waals surface area contributed by atoms with E-state index in [4.69, 9.17) is 4.74 Å². The van der Waals surface area contributed by atoms with E-state index in [1.54, 1.807) is 7.05 Å². The molecule has 2 aliphatic rings. The Morgan fingerprint density at radius 3 is 2.70 bits per heavy atom. The van der Waals surface area contributed by atoms with Gasteiger partial charge in [0.2, 0.25) is 0 Å². The first-order valence-electron chi connectivity index (χ1n) is 9.56. The van der Waals surface area contributed by atoms with Gasteiger partial charge in [-0.3, -0.25) is 9.79 Å². The number of ether oxygens (including phenoxy) is 1. The fourth-order valence-electron chi connectivity index (χ4n) is 3.44. The molecular weight excluding hydrogens is 344 g/mol. The van der Waals surface area contributed by atoms with Gasteiger partial charge in [0.25, 0.3) is 5.91 Å². The van der Waals surface area contributed by atoms with E-state index < -0.39 is 0 Å². The summed E-state index contributed by atoms with van der Waals surface area (Å²) in [6.07, 6.45) is 3.43. The number of nitrogens with zero attached hydrogens (tertiary/aromatic N) is 5. The molecule has 27 heavy (non-hydrogen) atoms. The molecule has 2 saturated heterocycles. The summed E-state index contributed by atoms with van der Waals surface area (Å²) in [7, 11) is 5.76. The summed E-state index contributed by atoms with van der Waals surface area (Å²) in [6, 6.07) is 4.07. The Hall–Kier alpha value is -2.35. The van der Waals surface area contributed by atoms with Crippen LogP contribution in [-0.2, 0) is 16.1 Å². The van der Waals surface area contributed by atoms with Gasteiger partial charge >= 0.3 is 0 Å². The predicted molar refractivity (Wildman–Crippen MR) is 106 cm³/mol. The molecule has 0 aromatic carbocycles. The summed E-state index contributed by atoms with van der Waals surface area (Å²) < 4.78 is 5.53. The Bertz CT molecular complexity index is 664. The van der Waals surface area contributed by atoms with Gasteiger partial charge in [0.1, 0.15) is 11.9 Å². The van der Waals surface area contributed by atoms with Crippen LogP contribution >= 0.6 is 0 Å². The molecule has 2 aliphatic heterocycles. The molecule has 1 unspecified atom stereocenters. The molecule has 3 rings (SSSR count). The third kappa shape index (κ3) is 4.88. The topological polar surface area (TPSA) is 73.3 Å². The van der Waals surface area contributed by atoms with Gasteiger partial charge in [-0.1, -0.05) is 0 Å². The van der Waals surface area contributed by atoms with Gasteiger partial charge in [-0.25, -0.2) is 4.98 Å². The standard InChI is InChI=1S/C19H30N6O2/c1-20-19(22-14-15-6-7-21-17(13-15)23(2)3)25-10-8-24(9-11-25)18(26)16-5-4-12-27-16/h6-7,13,16H,4-5,8-12,14H2,1-3H3,(H,20,22). The van der Waals surface area contributed by atoms with Gasteiger partial charge in [0.15, 0.2) is 5.96 Å². The molecule has 0 bridgehead atoms. The monoisotopic (exact) mass is 374 g/mol. The minimum Gasteiger partial charge on any atom is -0.368 e. The van der Waals surface area contributed by atoms with Gasteiger partial charge < -0.3 is 24.8 Å². The van der Waals surface area contributed by atoms with Crippen molar-refractivity contribution in [1.82, 2.24) is 20.1 Å². The van der Waals surface area contributed by atoms with Crippen LogP contribution in [0, 0.1) is 0 Å². The SMILES string of the molecule is CN=C(NCc1ccnc(N(C)C)c1)N1CCN(C(=O)C2CCCO2)CC1. The number of aromatic nitrogens is 1. The van der Waals surface area contributed by atoms with Crippen LogP contribution in [-0.4, -0.2) is 86.7 Å². The maximum absolute atomic E-state index is 12.5. The molecule has 8 nitrogen and oxygen atoms in total. The van der Waals surface area contributed by atoms with Gasteiger partial charge in [-0.15, -0.1) is 0 Å². The molecule has 1 N–H and O–H groups in total. The van der Waals surface area contributed by atoms with E-state index in [-0.39, 0.29) is 12.0 Å². The first kappa shape index (κ1) is 19.4. The van der Waals surface area contributed by atoms with Crippen LogP contribution < -0.4 is 10.2 Å². The maximum Gasteiger partial charge on any atom is 0.251 e. The Kier molecular flexibility index (Phi) is 6.49. The van der Waals surface area contributed by atoms with Crippen molar-refractivity contribution >= 4 is 17.7 Å². The average molecular weight is 374 g/mol. The van der Waals surface area contributed by atoms with Crippen molar-refractivity contribution in [2.24, 2.45) is 4.99 Å². The highest BCUT2D eigenvalue weighted by atomic mass is 16.5. The van der Waals surface area contributed by atoms with Crippen molar-refractivity contribution in [3.8, 4) is 0 Å². The van der Waals surface area contributed by atoms with Crippen molar-refractivity contribution in [3.05, 3.63) is 23.9 Å². The molecule has 1 aromatic rings. The molecule has 1 atom stereocenters. The summed E-state index contributed by atoms with van der Waals surface area (Å²) in [5.41, 5.74) is 1.15. The van der Waals surface area contributed by atoms with E-state index in [9.17, 15) is 4.79 Å². The number of pyridine rings is 1. The number of rotatable bonds is 4. The smallest absolute Gasteiger partial charge is 0.251 e. The zero-order valence-electron chi connectivity index (χ0n) is 16.5. The Morgan fingerprint density at radius 2 is 2.07 bits per heavy atom. The minimum atomic E-state index is -0.230. The van der Waals surface area contributed by atoms with Crippen molar-refractivity contribution in [2.45, 2.75) is 25.5 Å². The molecular formula is C19H30N6O2. The normalized spacial score (nSPS) is 20.7. The Morgan fingerprint density at radius 1 is 1.33 bits per heavy atom. The molecule has 0 saturated carbocycles. The minimum absolute atomic E-state index is 0.142. The molecule has 0 aliphatic carbocycles. The van der Waals surface area contributed by atoms with Gasteiger partial charge in [0.05, 0.1) is 0 Å². The molecule has 1 amide bonds. The first-order valence-corrected chi connectivity index (χ1v) is 9.56. The van der Waals surface area contributed by atoms with Crippen LogP contribution in [0.15, 0.2) is 23.3 Å². The molecule has 1 aromatic heterocycles. The van der Waals surface area contributed by atoms with Gasteiger partial charge in [0, 0.05) is 66.7 Å². The summed E-state index contributed by atoms with van der Waals surface area (Å²) in [4.78, 5) is 27.3. The third-order valence-electron chi connectivity index (χ3n) is 5.03. The Labute approximate surface area is 161 Å². The number of amides is 1. The predicted octanol–water partition coefficient (Wildman–Crippen LogP) is 0.546. The van der Waals surface area contributed by atoms with Crippen molar-refractivity contribution in [3.63, 3.8) is 0 Å². The quantitative estimate of drug-likeness (QED) is 0.613. The largest absolute Gasteiger partial charge is 0.368 e. The maximum atomic E-state index is 12.5. The van der Waals surface area contributed by atoms with Crippen molar-refractivity contribution in [2.75, 3.05) is 58.8 Å². The van der Waals surface area contributed by atoms with E-state index in [1.807, 2.05) is 36.2 Å². The number of carbonyl (C=O) groups is 1. The van der Waals surface area contributed by atoms with Gasteiger partial charge in [-0.05, 0) is 30.5 Å². The number of hydrogen-bond acceptors (Lipinski definition) is 5. The van der Waals surface area contributed by atoms with Crippen LogP contribution in [0.2, 0.25) is 0 Å². The van der Waals surface area contributed by atoms with E-state index in [0.717, 1.165) is 43.3 Å². The van der Waals surface area contributed by atoms with Crippen LogP contribution in [0.25, 0.3) is 0 Å². The zero-order valence-corrected chi connectivity index (χ0v) is 16.5. The highest BCUT2D eigenvalue weighted by molar-refractivity contribution is 5.82. The van der Waals surface area contributed by atoms with Crippen molar-refractivity contribution < 1.29 is 9.53 Å². The zero-order chi connectivity index (χ0) is 19.2. The second kappa shape index (κ2) is 9.03. The third-order valence-corrected chi connectivity index (χ3v) is 5.03. The highest BCUT2D eigenvalue weighted by Gasteiger charge is 2.30. The second-order valence-corrected chi connectivity index (χ2v) is 7.13. The molecule has 0 radical (unpaired) electrons. The Balaban J connectivity index is 1.50. The number of aliphatic imine (C=N–C) groups is 1. The lowest BCUT2D eigenvalue weighted by Crippen LogP contribution is -2.55. The number of piperazine rings is 1. The van der Waals surface area contributed by atoms with Crippen LogP contribution in [0.1, 0.15) is 18.4 Å². The number of guanidine groups is 1. The molecule has 8 heteroatoms. The molecule has 148 valence electrons. The lowest BCUT2D eigenvalue weighted by molar-refractivity contribution is -0.142. The summed E-state index contributed by atoms with van der Waals surface area (Å²) in [5.74, 6) is 1.94. The van der Waals surface area contributed by atoms with Crippen molar-refractivity contribution in [1.29, 1.82) is 0 Å². The number of nitrogens with one attached hydrogen (secondary N) is 1. The van der Waals surface area contributed by atoms with Gasteiger partial charge in [-0.2, -0.15) is 0 Å². The first-order chi connectivity index (χ1) is 13.1. The summed E-state index contributed by atoms with van der Waals surface area (Å²) >= 11 is 0. The van der Waals surface area contributed by atoms with Crippen LogP contribution in [0.4, 0.5) is 5.82 Å². The number of hydrogen-bond donors (Lipinski definition) is 1. The molecule has 0 spiro atoms. The fourth-order valence-corrected chi connectivity index (χ4v) is 3.44. The van der Waals surface area contributed by atoms with E-state index in [0.29, 0.717) is 26.2 Å². The molecule has 3 heterocycles. The highest BCUT2D eigenvalue weighted by Crippen LogP contribution is 2.16. The van der Waals surface area contributed by atoms with Crippen LogP contribution in [0.5, 0.6) is 0 Å². The second-order valence-electron chi connectivity index (χ2n) is 7.13. The molecule has 2 fully saturated rings. The lowest BCUT2D eigenvalue weighted by atomic mass is 10.2. The lowest BCUT2D eigenvalue weighted by Gasteiger charge is -2.37. The van der Waals surface area contributed by atoms with E-state index in [1.165, 1.54) is 0 Å². The van der Waals surface area contributed by atoms with E-state index >= 15 is 0 Å². The van der Waals surface area contributed by atoms with Crippen LogP contribution in [0.3, 0.4) is 0 Å². The number of anilines is 1.